The molecule has 0 aromatic heterocycles. The quantitative estimate of drug-likeness (QED) is 0.387. The second-order valence-electron chi connectivity index (χ2n) is 8.16. The van der Waals surface area contributed by atoms with Crippen molar-refractivity contribution in [3.8, 4) is 5.75 Å². The molecule has 1 saturated heterocycles. The Morgan fingerprint density at radius 1 is 1.21 bits per heavy atom. The molecule has 2 aliphatic rings. The van der Waals surface area contributed by atoms with Crippen LogP contribution in [0.1, 0.15) is 63.5 Å². The highest BCUT2D eigenvalue weighted by molar-refractivity contribution is 6.01. The van der Waals surface area contributed by atoms with E-state index in [4.69, 9.17) is 4.74 Å². The maximum absolute atomic E-state index is 14.2. The van der Waals surface area contributed by atoms with Crippen molar-refractivity contribution < 1.29 is 18.7 Å². The molecule has 0 bridgehead atoms. The Kier molecular flexibility index (Phi) is 7.86. The molecule has 1 atom stereocenters. The molecule has 2 N–H and O–H groups in total. The Morgan fingerprint density at radius 2 is 1.97 bits per heavy atom. The van der Waals surface area contributed by atoms with Crippen LogP contribution in [-0.2, 0) is 4.79 Å². The van der Waals surface area contributed by atoms with Gasteiger partial charge >= 0.3 is 6.03 Å². The zero-order chi connectivity index (χ0) is 20.6. The summed E-state index contributed by atoms with van der Waals surface area (Å²) in [7, 11) is 0. The van der Waals surface area contributed by atoms with Crippen LogP contribution < -0.4 is 15.4 Å². The summed E-state index contributed by atoms with van der Waals surface area (Å²) in [4.78, 5) is 24.1. The summed E-state index contributed by atoms with van der Waals surface area (Å²) in [6, 6.07) is 4.67. The van der Waals surface area contributed by atoms with Crippen LogP contribution in [0, 0.1) is 11.7 Å². The lowest BCUT2D eigenvalue weighted by molar-refractivity contribution is -0.118. The molecule has 3 rings (SSSR count). The summed E-state index contributed by atoms with van der Waals surface area (Å²) < 4.78 is 19.9. The average Bonchev–Trinajstić information content (AvgIpc) is 3.47. The third kappa shape index (κ3) is 6.99. The molecule has 6 nitrogen and oxygen atoms in total. The number of carbonyl (C=O) groups is 2. The summed E-state index contributed by atoms with van der Waals surface area (Å²) in [6.45, 7) is 4.35. The molecule has 1 saturated carbocycles. The van der Waals surface area contributed by atoms with E-state index >= 15 is 0 Å². The number of urea groups is 1. The maximum atomic E-state index is 14.2. The van der Waals surface area contributed by atoms with Gasteiger partial charge in [0.25, 0.3) is 0 Å². The van der Waals surface area contributed by atoms with Crippen molar-refractivity contribution in [1.29, 1.82) is 0 Å². The Balaban J connectivity index is 1.26. The third-order valence-electron chi connectivity index (χ3n) is 5.54. The largest absolute Gasteiger partial charge is 0.493 e. The van der Waals surface area contributed by atoms with Gasteiger partial charge in [-0.3, -0.25) is 10.1 Å². The number of rotatable bonds is 13. The number of hydrogen-bond donors (Lipinski definition) is 2. The van der Waals surface area contributed by atoms with E-state index in [9.17, 15) is 14.0 Å². The molecule has 29 heavy (non-hydrogen) atoms. The van der Waals surface area contributed by atoms with Crippen molar-refractivity contribution in [3.05, 3.63) is 29.6 Å². The van der Waals surface area contributed by atoms with Crippen LogP contribution in [0.2, 0.25) is 0 Å². The number of nitrogens with one attached hydrogen (secondary N) is 2. The van der Waals surface area contributed by atoms with Crippen LogP contribution in [0.4, 0.5) is 9.18 Å². The van der Waals surface area contributed by atoms with Gasteiger partial charge in [-0.25, -0.2) is 9.18 Å². The van der Waals surface area contributed by atoms with Gasteiger partial charge in [-0.1, -0.05) is 19.3 Å². The molecule has 1 aliphatic heterocycles. The molecule has 1 aliphatic carbocycles. The van der Waals surface area contributed by atoms with E-state index in [1.54, 1.807) is 11.0 Å². The Morgan fingerprint density at radius 3 is 2.69 bits per heavy atom. The monoisotopic (exact) mass is 405 g/mol. The van der Waals surface area contributed by atoms with Gasteiger partial charge in [0.05, 0.1) is 6.61 Å². The van der Waals surface area contributed by atoms with Crippen LogP contribution in [0.3, 0.4) is 0 Å². The molecule has 2 fully saturated rings. The fraction of sp³-hybridized carbons (Fsp3) is 0.636. The van der Waals surface area contributed by atoms with Crippen molar-refractivity contribution in [2.24, 2.45) is 5.92 Å². The second kappa shape index (κ2) is 10.6. The minimum Gasteiger partial charge on any atom is -0.493 e. The van der Waals surface area contributed by atoms with Gasteiger partial charge in [0.2, 0.25) is 5.91 Å². The first-order chi connectivity index (χ1) is 14.0. The molecule has 160 valence electrons. The summed E-state index contributed by atoms with van der Waals surface area (Å²) in [5.41, 5.74) is 0.650. The lowest BCUT2D eigenvalue weighted by Crippen LogP contribution is -2.29. The topological polar surface area (TPSA) is 70.7 Å². The van der Waals surface area contributed by atoms with Gasteiger partial charge in [-0.15, -0.1) is 0 Å². The molecule has 7 heteroatoms. The van der Waals surface area contributed by atoms with E-state index in [2.05, 4.69) is 10.6 Å². The summed E-state index contributed by atoms with van der Waals surface area (Å²) in [5, 5.41) is 5.68. The minimum absolute atomic E-state index is 0.0642. The first-order valence-corrected chi connectivity index (χ1v) is 10.8. The van der Waals surface area contributed by atoms with Gasteiger partial charge in [0.1, 0.15) is 18.1 Å². The predicted octanol–water partition coefficient (Wildman–Crippen LogP) is 3.77. The van der Waals surface area contributed by atoms with Gasteiger partial charge in [0, 0.05) is 18.2 Å². The van der Waals surface area contributed by atoms with E-state index in [0.717, 1.165) is 51.0 Å². The number of amides is 3. The van der Waals surface area contributed by atoms with E-state index in [0.29, 0.717) is 18.0 Å². The number of halogens is 1. The molecule has 0 spiro atoms. The number of hydrogen-bond acceptors (Lipinski definition) is 4. The van der Waals surface area contributed by atoms with Crippen molar-refractivity contribution in [3.63, 3.8) is 0 Å². The van der Waals surface area contributed by atoms with Crippen molar-refractivity contribution >= 4 is 11.9 Å². The second-order valence-corrected chi connectivity index (χ2v) is 8.16. The Bertz CT molecular complexity index is 709. The number of imide groups is 1. The van der Waals surface area contributed by atoms with Crippen LogP contribution in [-0.4, -0.2) is 43.1 Å². The number of unbranched alkanes of at least 4 members (excludes halogenated alkanes) is 4. The summed E-state index contributed by atoms with van der Waals surface area (Å²) in [5.74, 6) is 1.00. The number of benzene rings is 1. The van der Waals surface area contributed by atoms with Crippen LogP contribution in [0.25, 0.3) is 0 Å². The fourth-order valence-corrected chi connectivity index (χ4v) is 3.49. The van der Waals surface area contributed by atoms with Gasteiger partial charge in [0.15, 0.2) is 0 Å². The lowest BCUT2D eigenvalue weighted by Gasteiger charge is -2.16. The molecular weight excluding hydrogens is 373 g/mol. The molecule has 1 heterocycles. The van der Waals surface area contributed by atoms with Gasteiger partial charge in [-0.05, 0) is 63.3 Å². The standard InChI is InChI=1S/C22H32FN3O3/c1-16(19-13-18(9-10-20(19)23)29-15-17-7-8-17)24-11-5-3-2-4-6-12-26-14-21(27)25-22(26)28/h9-10,13,16-17,24H,2-8,11-12,14-15H2,1H3,(H,25,27,28)/t16-/m0/s1. The smallest absolute Gasteiger partial charge is 0.324 e. The maximum Gasteiger partial charge on any atom is 0.324 e. The fourth-order valence-electron chi connectivity index (χ4n) is 3.49. The van der Waals surface area contributed by atoms with Gasteiger partial charge < -0.3 is 15.0 Å². The third-order valence-corrected chi connectivity index (χ3v) is 5.54. The van der Waals surface area contributed by atoms with Crippen molar-refractivity contribution in [2.75, 3.05) is 26.2 Å². The molecule has 1 aromatic rings. The normalized spacial score (nSPS) is 17.5. The van der Waals surface area contributed by atoms with E-state index in [1.165, 1.54) is 18.9 Å². The van der Waals surface area contributed by atoms with Crippen molar-refractivity contribution in [1.82, 2.24) is 15.5 Å². The van der Waals surface area contributed by atoms with Crippen LogP contribution >= 0.6 is 0 Å². The zero-order valence-corrected chi connectivity index (χ0v) is 17.2. The highest BCUT2D eigenvalue weighted by Crippen LogP contribution is 2.30. The van der Waals surface area contributed by atoms with Gasteiger partial charge in [-0.2, -0.15) is 0 Å². The SMILES string of the molecule is C[C@H](NCCCCCCCN1CC(=O)NC1=O)c1cc(OCC2CC2)ccc1F. The predicted molar refractivity (Wildman–Crippen MR) is 109 cm³/mol. The molecule has 0 unspecified atom stereocenters. The summed E-state index contributed by atoms with van der Waals surface area (Å²) >= 11 is 0. The minimum atomic E-state index is -0.276. The first-order valence-electron chi connectivity index (χ1n) is 10.8. The first kappa shape index (κ1) is 21.6. The zero-order valence-electron chi connectivity index (χ0n) is 17.2. The highest BCUT2D eigenvalue weighted by atomic mass is 19.1. The number of nitrogens with zero attached hydrogens (tertiary/aromatic N) is 1. The average molecular weight is 406 g/mol. The molecule has 1 aromatic carbocycles. The highest BCUT2D eigenvalue weighted by Gasteiger charge is 2.25. The van der Waals surface area contributed by atoms with E-state index < -0.39 is 0 Å². The number of carbonyl (C=O) groups excluding carboxylic acids is 2. The Hall–Kier alpha value is -2.15. The van der Waals surface area contributed by atoms with Crippen LogP contribution in [0.5, 0.6) is 5.75 Å². The Labute approximate surface area is 172 Å². The van der Waals surface area contributed by atoms with Crippen LogP contribution in [0.15, 0.2) is 18.2 Å². The number of ether oxygens (including phenoxy) is 1. The van der Waals surface area contributed by atoms with E-state index in [1.807, 2.05) is 13.0 Å². The lowest BCUT2D eigenvalue weighted by atomic mass is 10.1. The molecule has 0 radical (unpaired) electrons. The summed E-state index contributed by atoms with van der Waals surface area (Å²) in [6.07, 6.45) is 7.59. The van der Waals surface area contributed by atoms with Crippen molar-refractivity contribution in [2.45, 2.75) is 57.9 Å². The molecular formula is C22H32FN3O3. The molecule has 3 amide bonds. The van der Waals surface area contributed by atoms with E-state index in [-0.39, 0.29) is 30.3 Å².